The highest BCUT2D eigenvalue weighted by Gasteiger charge is 2.27. The van der Waals surface area contributed by atoms with Gasteiger partial charge in [-0.3, -0.25) is 18.6 Å². The highest BCUT2D eigenvalue weighted by molar-refractivity contribution is 7.47. The van der Waals surface area contributed by atoms with Crippen LogP contribution in [0.15, 0.2) is 36.5 Å². The van der Waals surface area contributed by atoms with E-state index in [0.29, 0.717) is 12.8 Å². The van der Waals surface area contributed by atoms with Gasteiger partial charge in [0.2, 0.25) is 0 Å². The molecule has 0 spiro atoms. The molecule has 322 valence electrons. The van der Waals surface area contributed by atoms with Crippen LogP contribution in [-0.4, -0.2) is 65.7 Å². The van der Waals surface area contributed by atoms with E-state index in [-0.39, 0.29) is 19.4 Å². The Morgan fingerprint density at radius 3 is 1.45 bits per heavy atom. The zero-order chi connectivity index (χ0) is 40.5. The summed E-state index contributed by atoms with van der Waals surface area (Å²) in [5.41, 5.74) is 0. The fourth-order valence-electron chi connectivity index (χ4n) is 5.88. The lowest BCUT2D eigenvalue weighted by atomic mass is 10.0. The van der Waals surface area contributed by atoms with Crippen molar-refractivity contribution in [3.63, 3.8) is 0 Å². The first-order chi connectivity index (χ1) is 26.7. The minimum Gasteiger partial charge on any atom is -0.462 e. The molecular formula is C44H81O10P. The Balaban J connectivity index is 4.33. The first-order valence-electron chi connectivity index (χ1n) is 21.9. The minimum atomic E-state index is -4.62. The molecule has 0 aliphatic rings. The third kappa shape index (κ3) is 40.2. The first kappa shape index (κ1) is 53.2. The number of phosphoric acid groups is 1. The third-order valence-corrected chi connectivity index (χ3v) is 10.2. The van der Waals surface area contributed by atoms with Crippen molar-refractivity contribution in [3.8, 4) is 0 Å². The number of carbonyl (C=O) groups is 2. The molecule has 1 unspecified atom stereocenters. The lowest BCUT2D eigenvalue weighted by Gasteiger charge is -2.20. The SMILES string of the molecule is CCCCC/C=C\C/C=C\C/C=C\CCCCC(=O)OC[C@H](COP(=O)(O)OC[C@@H](O)CO)OC(=O)CCCCCCCCCCCCCCCCCCC. The van der Waals surface area contributed by atoms with Gasteiger partial charge in [0.05, 0.1) is 19.8 Å². The minimum absolute atomic E-state index is 0.179. The second kappa shape index (κ2) is 40.4. The summed E-state index contributed by atoms with van der Waals surface area (Å²) in [7, 11) is -4.62. The van der Waals surface area contributed by atoms with Crippen LogP contribution < -0.4 is 0 Å². The van der Waals surface area contributed by atoms with E-state index >= 15 is 0 Å². The predicted molar refractivity (Wildman–Crippen MR) is 224 cm³/mol. The Bertz CT molecular complexity index is 1010. The van der Waals surface area contributed by atoms with Crippen molar-refractivity contribution in [1.29, 1.82) is 0 Å². The number of aliphatic hydroxyl groups excluding tert-OH is 2. The Kier molecular flexibility index (Phi) is 39.1. The molecule has 0 aromatic heterocycles. The fourth-order valence-corrected chi connectivity index (χ4v) is 6.67. The number of unbranched alkanes of at least 4 members (excludes halogenated alkanes) is 21. The molecule has 11 heteroatoms. The summed E-state index contributed by atoms with van der Waals surface area (Å²) in [4.78, 5) is 35.0. The molecule has 0 heterocycles. The van der Waals surface area contributed by atoms with Gasteiger partial charge in [-0.25, -0.2) is 4.57 Å². The molecule has 0 saturated carbocycles. The van der Waals surface area contributed by atoms with Gasteiger partial charge in [0.25, 0.3) is 0 Å². The van der Waals surface area contributed by atoms with Crippen LogP contribution in [-0.2, 0) is 32.7 Å². The number of aliphatic hydroxyl groups is 2. The van der Waals surface area contributed by atoms with Crippen LogP contribution in [0, 0.1) is 0 Å². The Morgan fingerprint density at radius 2 is 0.945 bits per heavy atom. The molecule has 3 atom stereocenters. The zero-order valence-corrected chi connectivity index (χ0v) is 35.8. The first-order valence-corrected chi connectivity index (χ1v) is 23.4. The van der Waals surface area contributed by atoms with Gasteiger partial charge in [0.15, 0.2) is 6.10 Å². The lowest BCUT2D eigenvalue weighted by molar-refractivity contribution is -0.161. The lowest BCUT2D eigenvalue weighted by Crippen LogP contribution is -2.29. The standard InChI is InChI=1S/C44H81O10P/c1-3-5-7-9-11-13-15-17-19-20-22-24-26-28-30-32-34-36-44(48)54-42(40-53-55(49,50)52-38-41(46)37-45)39-51-43(47)35-33-31-29-27-25-23-21-18-16-14-12-10-8-6-4-2/h12,14,18,21,25,27,41-42,45-46H,3-11,13,15-17,19-20,22-24,26,28-40H2,1-2H3,(H,49,50)/b14-12-,21-18-,27-25-/t41-,42+/m0/s1. The van der Waals surface area contributed by atoms with Gasteiger partial charge in [-0.1, -0.05) is 166 Å². The van der Waals surface area contributed by atoms with Crippen LogP contribution in [0.3, 0.4) is 0 Å². The van der Waals surface area contributed by atoms with Gasteiger partial charge in [-0.2, -0.15) is 0 Å². The third-order valence-electron chi connectivity index (χ3n) is 9.30. The van der Waals surface area contributed by atoms with Crippen molar-refractivity contribution in [3.05, 3.63) is 36.5 Å². The zero-order valence-electron chi connectivity index (χ0n) is 34.9. The Hall–Kier alpha value is -1.81. The van der Waals surface area contributed by atoms with Gasteiger partial charge >= 0.3 is 19.8 Å². The number of hydrogen-bond acceptors (Lipinski definition) is 9. The number of ether oxygens (including phenoxy) is 2. The highest BCUT2D eigenvalue weighted by atomic mass is 31.2. The number of esters is 2. The predicted octanol–water partition coefficient (Wildman–Crippen LogP) is 11.6. The van der Waals surface area contributed by atoms with Crippen molar-refractivity contribution in [2.45, 2.75) is 206 Å². The van der Waals surface area contributed by atoms with E-state index in [4.69, 9.17) is 19.1 Å². The molecule has 55 heavy (non-hydrogen) atoms. The van der Waals surface area contributed by atoms with E-state index in [1.54, 1.807) is 0 Å². The van der Waals surface area contributed by atoms with Crippen LogP contribution in [0.1, 0.15) is 194 Å². The highest BCUT2D eigenvalue weighted by Crippen LogP contribution is 2.43. The molecule has 0 aliphatic carbocycles. The number of phosphoric ester groups is 1. The molecule has 0 radical (unpaired) electrons. The maximum atomic E-state index is 12.6. The monoisotopic (exact) mass is 801 g/mol. The van der Waals surface area contributed by atoms with Crippen LogP contribution in [0.2, 0.25) is 0 Å². The topological polar surface area (TPSA) is 149 Å². The van der Waals surface area contributed by atoms with Crippen molar-refractivity contribution in [1.82, 2.24) is 0 Å². The van der Waals surface area contributed by atoms with Crippen molar-refractivity contribution in [2.24, 2.45) is 0 Å². The smallest absolute Gasteiger partial charge is 0.462 e. The summed E-state index contributed by atoms with van der Waals surface area (Å²) in [6, 6.07) is 0. The Morgan fingerprint density at radius 1 is 0.545 bits per heavy atom. The summed E-state index contributed by atoms with van der Waals surface area (Å²) in [6.45, 7) is 2.32. The van der Waals surface area contributed by atoms with Crippen molar-refractivity contribution < 1.29 is 47.8 Å². The quantitative estimate of drug-likeness (QED) is 0.0236. The van der Waals surface area contributed by atoms with Crippen molar-refractivity contribution >= 4 is 19.8 Å². The van der Waals surface area contributed by atoms with Gasteiger partial charge in [-0.15, -0.1) is 0 Å². The maximum absolute atomic E-state index is 12.6. The summed E-state index contributed by atoms with van der Waals surface area (Å²) in [6.07, 6.45) is 41.1. The van der Waals surface area contributed by atoms with Crippen LogP contribution in [0.25, 0.3) is 0 Å². The number of rotatable bonds is 41. The number of hydrogen-bond donors (Lipinski definition) is 3. The number of allylic oxidation sites excluding steroid dienone is 6. The molecule has 3 N–H and O–H groups in total. The second-order valence-electron chi connectivity index (χ2n) is 14.7. The molecule has 0 aromatic rings. The van der Waals surface area contributed by atoms with E-state index in [1.165, 1.54) is 103 Å². The molecule has 0 aliphatic heterocycles. The van der Waals surface area contributed by atoms with Crippen molar-refractivity contribution in [2.75, 3.05) is 26.4 Å². The summed E-state index contributed by atoms with van der Waals surface area (Å²) in [5.74, 6) is -0.964. The van der Waals surface area contributed by atoms with E-state index < -0.39 is 51.8 Å². The number of carbonyl (C=O) groups excluding carboxylic acids is 2. The Labute approximate surface area is 335 Å². The van der Waals surface area contributed by atoms with Gasteiger partial charge < -0.3 is 24.6 Å². The molecule has 0 saturated heterocycles. The maximum Gasteiger partial charge on any atom is 0.472 e. The van der Waals surface area contributed by atoms with Gasteiger partial charge in [-0.05, 0) is 51.4 Å². The van der Waals surface area contributed by atoms with E-state index in [1.807, 2.05) is 0 Å². The largest absolute Gasteiger partial charge is 0.472 e. The summed E-state index contributed by atoms with van der Waals surface area (Å²) < 4.78 is 32.7. The van der Waals surface area contributed by atoms with E-state index in [9.17, 15) is 24.2 Å². The van der Waals surface area contributed by atoms with Gasteiger partial charge in [0.1, 0.15) is 12.7 Å². The normalized spacial score (nSPS) is 14.2. The average molecular weight is 801 g/mol. The summed E-state index contributed by atoms with van der Waals surface area (Å²) >= 11 is 0. The molecule has 0 amide bonds. The molecule has 10 nitrogen and oxygen atoms in total. The second-order valence-corrected chi connectivity index (χ2v) is 16.2. The van der Waals surface area contributed by atoms with Crippen LogP contribution in [0.5, 0.6) is 0 Å². The molecule has 0 bridgehead atoms. The average Bonchev–Trinajstić information content (AvgIpc) is 3.17. The molecule has 0 aromatic carbocycles. The summed E-state index contributed by atoms with van der Waals surface area (Å²) in [5, 5.41) is 18.3. The van der Waals surface area contributed by atoms with Crippen LogP contribution in [0.4, 0.5) is 0 Å². The van der Waals surface area contributed by atoms with E-state index in [0.717, 1.165) is 51.4 Å². The molecule has 0 rings (SSSR count). The fraction of sp³-hybridized carbons (Fsp3) is 0.818. The van der Waals surface area contributed by atoms with Crippen LogP contribution >= 0.6 is 7.82 Å². The van der Waals surface area contributed by atoms with Gasteiger partial charge in [0, 0.05) is 12.8 Å². The molecular weight excluding hydrogens is 719 g/mol. The molecule has 0 fully saturated rings. The van der Waals surface area contributed by atoms with E-state index in [2.05, 4.69) is 54.8 Å².